The van der Waals surface area contributed by atoms with Crippen LogP contribution in [-0.2, 0) is 26.6 Å². The van der Waals surface area contributed by atoms with Crippen LogP contribution in [0.3, 0.4) is 0 Å². The molecule has 2 N–H and O–H groups in total. The molecule has 0 radical (unpaired) electrons. The predicted molar refractivity (Wildman–Crippen MR) is 131 cm³/mol. The number of aliphatic hydroxyl groups excluding tert-OH is 2. The molecule has 0 aliphatic heterocycles. The highest BCUT2D eigenvalue weighted by atomic mass is 28.4. The molecule has 0 rings (SSSR count). The molecule has 0 unspecified atom stereocenters. The number of likely N-dealkylation sites (N-methyl/N-ethyl adjacent to an activating group) is 1. The van der Waals surface area contributed by atoms with Crippen LogP contribution in [0.1, 0.15) is 26.2 Å². The van der Waals surface area contributed by atoms with Crippen molar-refractivity contribution in [1.29, 1.82) is 0 Å². The van der Waals surface area contributed by atoms with E-state index in [9.17, 15) is 5.11 Å². The average molecular weight is 503 g/mol. The van der Waals surface area contributed by atoms with E-state index in [0.29, 0.717) is 6.54 Å². The van der Waals surface area contributed by atoms with Crippen LogP contribution in [0.15, 0.2) is 0 Å². The minimum absolute atomic E-state index is 0.128. The first-order chi connectivity index (χ1) is 15.3. The molecule has 196 valence electrons. The van der Waals surface area contributed by atoms with Gasteiger partial charge in [0.1, 0.15) is 0 Å². The first-order valence-electron chi connectivity index (χ1n) is 11.2. The van der Waals surface area contributed by atoms with E-state index in [4.69, 9.17) is 31.7 Å². The van der Waals surface area contributed by atoms with Gasteiger partial charge in [-0.2, -0.15) is 0 Å². The van der Waals surface area contributed by atoms with Gasteiger partial charge in [0.15, 0.2) is 0 Å². The largest absolute Gasteiger partial charge is 0.500 e. The summed E-state index contributed by atoms with van der Waals surface area (Å²) in [6, 6.07) is 1.48. The van der Waals surface area contributed by atoms with Gasteiger partial charge in [-0.1, -0.05) is 6.92 Å². The van der Waals surface area contributed by atoms with Crippen molar-refractivity contribution >= 4 is 17.6 Å². The topological polar surface area (TPSA) is 102 Å². The maximum Gasteiger partial charge on any atom is 0.500 e. The SMILES string of the molecule is CCCN(C)CCO.CO[Si](CCCN(CCO)CCC[Si](OC)(OC)OC)(OC)OC. The summed E-state index contributed by atoms with van der Waals surface area (Å²) in [5, 5.41) is 17.7. The molecule has 0 aliphatic rings. The standard InChI is InChI=1S/C14H35NO7Si2.C6H15NO/c1-17-23(18-2,19-3)13-7-9-15(11-12-16)10-8-14-24(20-4,21-5)22-6;1-3-4-7(2)5-6-8/h16H,7-14H2,1-6H3;8H,3-6H2,1-2H3. The van der Waals surface area contributed by atoms with Crippen LogP contribution in [-0.4, -0.2) is 133 Å². The molecule has 0 aromatic rings. The Morgan fingerprint density at radius 1 is 0.594 bits per heavy atom. The molecule has 10 nitrogen and oxygen atoms in total. The van der Waals surface area contributed by atoms with Crippen molar-refractivity contribution in [2.45, 2.75) is 38.3 Å². The van der Waals surface area contributed by atoms with Crippen LogP contribution in [0.2, 0.25) is 12.1 Å². The molecule has 0 saturated heterocycles. The Balaban J connectivity index is 0. The lowest BCUT2D eigenvalue weighted by Gasteiger charge is -2.28. The Labute approximate surface area is 198 Å². The third-order valence-electron chi connectivity index (χ3n) is 5.28. The first kappa shape index (κ1) is 34.2. The fourth-order valence-electron chi connectivity index (χ4n) is 3.29. The second-order valence-electron chi connectivity index (χ2n) is 7.39. The Bertz CT molecular complexity index is 357. The van der Waals surface area contributed by atoms with Gasteiger partial charge in [0, 0.05) is 67.8 Å². The zero-order valence-electron chi connectivity index (χ0n) is 21.7. The molecule has 0 atom stereocenters. The maximum absolute atomic E-state index is 9.26. The summed E-state index contributed by atoms with van der Waals surface area (Å²) >= 11 is 0. The van der Waals surface area contributed by atoms with Gasteiger partial charge in [-0.25, -0.2) is 0 Å². The molecule has 0 aliphatic carbocycles. The van der Waals surface area contributed by atoms with Gasteiger partial charge in [-0.05, 0) is 45.9 Å². The molecule has 0 fully saturated rings. The molecular weight excluding hydrogens is 452 g/mol. The van der Waals surface area contributed by atoms with Crippen molar-refractivity contribution < 1.29 is 36.8 Å². The molecule has 0 spiro atoms. The van der Waals surface area contributed by atoms with Crippen LogP contribution in [0.5, 0.6) is 0 Å². The number of rotatable bonds is 20. The molecule has 0 heterocycles. The van der Waals surface area contributed by atoms with E-state index in [1.807, 2.05) is 7.05 Å². The van der Waals surface area contributed by atoms with Crippen LogP contribution >= 0.6 is 0 Å². The van der Waals surface area contributed by atoms with Crippen molar-refractivity contribution in [2.75, 3.05) is 95.6 Å². The summed E-state index contributed by atoms with van der Waals surface area (Å²) in [4.78, 5) is 4.32. The van der Waals surface area contributed by atoms with Crippen LogP contribution in [0.4, 0.5) is 0 Å². The molecule has 12 heteroatoms. The third kappa shape index (κ3) is 15.0. The highest BCUT2D eigenvalue weighted by Gasteiger charge is 2.38. The van der Waals surface area contributed by atoms with Crippen LogP contribution in [0.25, 0.3) is 0 Å². The zero-order chi connectivity index (χ0) is 24.9. The fraction of sp³-hybridized carbons (Fsp3) is 1.00. The first-order valence-corrected chi connectivity index (χ1v) is 15.1. The van der Waals surface area contributed by atoms with Gasteiger partial charge in [-0.3, -0.25) is 0 Å². The monoisotopic (exact) mass is 502 g/mol. The molecule has 0 amide bonds. The highest BCUT2D eigenvalue weighted by molar-refractivity contribution is 6.60. The van der Waals surface area contributed by atoms with Gasteiger partial charge in [-0.15, -0.1) is 0 Å². The zero-order valence-corrected chi connectivity index (χ0v) is 23.7. The minimum Gasteiger partial charge on any atom is -0.395 e. The van der Waals surface area contributed by atoms with Gasteiger partial charge in [0.05, 0.1) is 13.2 Å². The lowest BCUT2D eigenvalue weighted by molar-refractivity contribution is 0.118. The van der Waals surface area contributed by atoms with Gasteiger partial charge in [0.25, 0.3) is 0 Å². The lowest BCUT2D eigenvalue weighted by Crippen LogP contribution is -2.44. The fourth-order valence-corrected chi connectivity index (χ4v) is 6.70. The molecule has 32 heavy (non-hydrogen) atoms. The van der Waals surface area contributed by atoms with E-state index in [-0.39, 0.29) is 13.2 Å². The number of nitrogens with zero attached hydrogens (tertiary/aromatic N) is 2. The summed E-state index contributed by atoms with van der Waals surface area (Å²) in [6.45, 7) is 6.73. The second-order valence-corrected chi connectivity index (χ2v) is 13.6. The van der Waals surface area contributed by atoms with Gasteiger partial charge < -0.3 is 46.6 Å². The van der Waals surface area contributed by atoms with Crippen LogP contribution < -0.4 is 0 Å². The lowest BCUT2D eigenvalue weighted by atomic mass is 10.3. The van der Waals surface area contributed by atoms with Crippen molar-refractivity contribution in [3.63, 3.8) is 0 Å². The molecular formula is C20H50N2O8Si2. The Morgan fingerprint density at radius 2 is 0.969 bits per heavy atom. The Morgan fingerprint density at radius 3 is 1.25 bits per heavy atom. The van der Waals surface area contributed by atoms with E-state index in [2.05, 4.69) is 16.7 Å². The predicted octanol–water partition coefficient (Wildman–Crippen LogP) is 1.14. The molecule has 0 bridgehead atoms. The number of hydrogen-bond donors (Lipinski definition) is 2. The van der Waals surface area contributed by atoms with Crippen molar-refractivity contribution in [3.8, 4) is 0 Å². The Kier molecular flexibility index (Phi) is 23.0. The Hall–Kier alpha value is 0.0338. The normalized spacial score (nSPS) is 12.4. The van der Waals surface area contributed by atoms with E-state index in [1.54, 1.807) is 42.7 Å². The average Bonchev–Trinajstić information content (AvgIpc) is 2.81. The van der Waals surface area contributed by atoms with Crippen molar-refractivity contribution in [2.24, 2.45) is 0 Å². The van der Waals surface area contributed by atoms with E-state index >= 15 is 0 Å². The maximum atomic E-state index is 9.26. The molecule has 0 saturated carbocycles. The summed E-state index contributed by atoms with van der Waals surface area (Å²) in [5.74, 6) is 0. The number of aliphatic hydroxyl groups is 2. The van der Waals surface area contributed by atoms with E-state index < -0.39 is 17.6 Å². The van der Waals surface area contributed by atoms with Crippen molar-refractivity contribution in [1.82, 2.24) is 9.80 Å². The summed E-state index contributed by atoms with van der Waals surface area (Å²) in [6.07, 6.45) is 2.92. The summed E-state index contributed by atoms with van der Waals surface area (Å²) < 4.78 is 32.6. The number of hydrogen-bond acceptors (Lipinski definition) is 10. The van der Waals surface area contributed by atoms with Crippen LogP contribution in [0, 0.1) is 0 Å². The van der Waals surface area contributed by atoms with Gasteiger partial charge in [0.2, 0.25) is 0 Å². The highest BCUT2D eigenvalue weighted by Crippen LogP contribution is 2.17. The quantitative estimate of drug-likeness (QED) is 0.236. The van der Waals surface area contributed by atoms with Gasteiger partial charge >= 0.3 is 17.6 Å². The molecule has 0 aromatic heterocycles. The van der Waals surface area contributed by atoms with Crippen molar-refractivity contribution in [3.05, 3.63) is 0 Å². The smallest absolute Gasteiger partial charge is 0.395 e. The van der Waals surface area contributed by atoms with E-state index in [1.165, 1.54) is 0 Å². The third-order valence-corrected chi connectivity index (χ3v) is 10.9. The molecule has 0 aromatic carbocycles. The summed E-state index contributed by atoms with van der Waals surface area (Å²) in [7, 11) is 6.68. The van der Waals surface area contributed by atoms with E-state index in [0.717, 1.165) is 57.5 Å². The second kappa shape index (κ2) is 21.6. The summed E-state index contributed by atoms with van der Waals surface area (Å²) in [5.41, 5.74) is 0. The minimum atomic E-state index is -2.53.